The molecule has 124 valence electrons. The van der Waals surface area contributed by atoms with Crippen LogP contribution in [0.3, 0.4) is 0 Å². The molecule has 0 saturated carbocycles. The average molecular weight is 316 g/mol. The van der Waals surface area contributed by atoms with Gasteiger partial charge in [0.15, 0.2) is 5.76 Å². The topological polar surface area (TPSA) is 63.5 Å². The lowest BCUT2D eigenvalue weighted by Gasteiger charge is -2.08. The van der Waals surface area contributed by atoms with E-state index in [-0.39, 0.29) is 5.91 Å². The molecule has 0 bridgehead atoms. The van der Waals surface area contributed by atoms with Crippen LogP contribution in [0.15, 0.2) is 34.7 Å². The summed E-state index contributed by atoms with van der Waals surface area (Å²) in [4.78, 5) is 11.9. The van der Waals surface area contributed by atoms with Crippen LogP contribution in [0.25, 0.3) is 0 Å². The number of hydrogen-bond donors (Lipinski definition) is 2. The van der Waals surface area contributed by atoms with Crippen LogP contribution in [0, 0.1) is 13.8 Å². The highest BCUT2D eigenvalue weighted by Crippen LogP contribution is 2.20. The first-order valence-electron chi connectivity index (χ1n) is 7.81. The van der Waals surface area contributed by atoms with Gasteiger partial charge < -0.3 is 19.8 Å². The first kappa shape index (κ1) is 17.1. The fourth-order valence-electron chi connectivity index (χ4n) is 2.24. The molecule has 1 aromatic heterocycles. The minimum atomic E-state index is -0.195. The zero-order chi connectivity index (χ0) is 16.7. The second-order valence-electron chi connectivity index (χ2n) is 5.54. The van der Waals surface area contributed by atoms with Crippen molar-refractivity contribution < 1.29 is 13.9 Å². The predicted octanol–water partition coefficient (Wildman–Crippen LogP) is 2.81. The van der Waals surface area contributed by atoms with E-state index in [1.807, 2.05) is 33.0 Å². The minimum absolute atomic E-state index is 0.195. The third-order valence-electron chi connectivity index (χ3n) is 3.47. The number of nitrogens with one attached hydrogen (secondary N) is 2. The maximum Gasteiger partial charge on any atom is 0.286 e. The summed E-state index contributed by atoms with van der Waals surface area (Å²) in [6.45, 7) is 5.85. The van der Waals surface area contributed by atoms with Gasteiger partial charge in [0.1, 0.15) is 18.1 Å². The Bertz CT molecular complexity index is 649. The van der Waals surface area contributed by atoms with E-state index in [1.165, 1.54) is 5.56 Å². The lowest BCUT2D eigenvalue weighted by atomic mass is 10.1. The van der Waals surface area contributed by atoms with Gasteiger partial charge in [0.2, 0.25) is 0 Å². The van der Waals surface area contributed by atoms with E-state index < -0.39 is 0 Å². The molecule has 2 N–H and O–H groups in total. The van der Waals surface area contributed by atoms with Crippen LogP contribution in [-0.2, 0) is 6.61 Å². The summed E-state index contributed by atoms with van der Waals surface area (Å²) in [5, 5.41) is 5.86. The van der Waals surface area contributed by atoms with E-state index in [2.05, 4.69) is 16.7 Å². The van der Waals surface area contributed by atoms with Gasteiger partial charge >= 0.3 is 0 Å². The van der Waals surface area contributed by atoms with Crippen molar-refractivity contribution in [2.24, 2.45) is 0 Å². The van der Waals surface area contributed by atoms with Gasteiger partial charge in [-0.2, -0.15) is 0 Å². The lowest BCUT2D eigenvalue weighted by Crippen LogP contribution is -2.26. The van der Waals surface area contributed by atoms with Gasteiger partial charge in [0.25, 0.3) is 5.91 Å². The Balaban J connectivity index is 1.85. The van der Waals surface area contributed by atoms with E-state index in [0.29, 0.717) is 24.7 Å². The number of benzene rings is 1. The highest BCUT2D eigenvalue weighted by atomic mass is 16.5. The Morgan fingerprint density at radius 3 is 2.74 bits per heavy atom. The molecule has 5 nitrogen and oxygen atoms in total. The maximum absolute atomic E-state index is 11.9. The molecular formula is C18H24N2O3. The van der Waals surface area contributed by atoms with Crippen molar-refractivity contribution in [1.29, 1.82) is 0 Å². The second-order valence-corrected chi connectivity index (χ2v) is 5.54. The average Bonchev–Trinajstić information content (AvgIpc) is 2.99. The lowest BCUT2D eigenvalue weighted by molar-refractivity contribution is 0.0921. The quantitative estimate of drug-likeness (QED) is 0.735. The number of furan rings is 1. The number of carbonyl (C=O) groups excluding carboxylic acids is 1. The van der Waals surface area contributed by atoms with Crippen molar-refractivity contribution in [3.05, 3.63) is 53.0 Å². The Hall–Kier alpha value is -2.27. The second kappa shape index (κ2) is 8.39. The molecular weight excluding hydrogens is 292 g/mol. The van der Waals surface area contributed by atoms with Crippen LogP contribution in [0.2, 0.25) is 0 Å². The summed E-state index contributed by atoms with van der Waals surface area (Å²) < 4.78 is 11.3. The number of rotatable bonds is 8. The van der Waals surface area contributed by atoms with Crippen LogP contribution >= 0.6 is 0 Å². The number of hydrogen-bond acceptors (Lipinski definition) is 4. The van der Waals surface area contributed by atoms with E-state index in [1.54, 1.807) is 12.1 Å². The van der Waals surface area contributed by atoms with Crippen molar-refractivity contribution in [2.75, 3.05) is 20.1 Å². The molecule has 0 aliphatic heterocycles. The van der Waals surface area contributed by atoms with Crippen LogP contribution < -0.4 is 15.4 Å². The molecule has 0 spiro atoms. The van der Waals surface area contributed by atoms with Crippen molar-refractivity contribution in [3.8, 4) is 5.75 Å². The molecule has 23 heavy (non-hydrogen) atoms. The molecule has 0 radical (unpaired) electrons. The minimum Gasteiger partial charge on any atom is -0.485 e. The van der Waals surface area contributed by atoms with E-state index in [0.717, 1.165) is 24.3 Å². The molecule has 0 aliphatic carbocycles. The van der Waals surface area contributed by atoms with Crippen molar-refractivity contribution in [3.63, 3.8) is 0 Å². The van der Waals surface area contributed by atoms with Crippen molar-refractivity contribution in [2.45, 2.75) is 26.9 Å². The Morgan fingerprint density at radius 2 is 2.00 bits per heavy atom. The molecule has 2 rings (SSSR count). The Labute approximate surface area is 137 Å². The van der Waals surface area contributed by atoms with Gasteiger partial charge in [0.05, 0.1) is 0 Å². The van der Waals surface area contributed by atoms with Crippen LogP contribution in [-0.4, -0.2) is 26.0 Å². The predicted molar refractivity (Wildman–Crippen MR) is 89.8 cm³/mol. The largest absolute Gasteiger partial charge is 0.485 e. The molecule has 0 aliphatic rings. The molecule has 5 heteroatoms. The zero-order valence-corrected chi connectivity index (χ0v) is 13.9. The first-order valence-corrected chi connectivity index (χ1v) is 7.81. The van der Waals surface area contributed by atoms with E-state index >= 15 is 0 Å². The van der Waals surface area contributed by atoms with Gasteiger partial charge in [-0.05, 0) is 57.6 Å². The number of aryl methyl sites for hydroxylation is 2. The van der Waals surface area contributed by atoms with Crippen LogP contribution in [0.4, 0.5) is 0 Å². The van der Waals surface area contributed by atoms with Crippen LogP contribution in [0.5, 0.6) is 5.75 Å². The number of carbonyl (C=O) groups is 1. The third kappa shape index (κ3) is 5.14. The summed E-state index contributed by atoms with van der Waals surface area (Å²) >= 11 is 0. The first-order chi connectivity index (χ1) is 11.1. The molecule has 0 atom stereocenters. The summed E-state index contributed by atoms with van der Waals surface area (Å²) in [7, 11) is 1.89. The SMILES string of the molecule is CNCCCNC(=O)c1ccc(COc2ccc(C)cc2C)o1. The van der Waals surface area contributed by atoms with E-state index in [9.17, 15) is 4.79 Å². The molecule has 1 aromatic carbocycles. The molecule has 0 unspecified atom stereocenters. The third-order valence-corrected chi connectivity index (χ3v) is 3.47. The summed E-state index contributed by atoms with van der Waals surface area (Å²) in [6.07, 6.45) is 0.881. The Morgan fingerprint density at radius 1 is 1.17 bits per heavy atom. The Kier molecular flexibility index (Phi) is 6.23. The highest BCUT2D eigenvalue weighted by Gasteiger charge is 2.11. The standard InChI is InChI=1S/C18H24N2O3/c1-13-5-7-16(14(2)11-13)22-12-15-6-8-17(23-15)18(21)20-10-4-9-19-3/h5-8,11,19H,4,9-10,12H2,1-3H3,(H,20,21). The molecule has 1 amide bonds. The number of amides is 1. The summed E-state index contributed by atoms with van der Waals surface area (Å²) in [5.41, 5.74) is 2.28. The van der Waals surface area contributed by atoms with Gasteiger partial charge in [0, 0.05) is 6.54 Å². The van der Waals surface area contributed by atoms with Gasteiger partial charge in [-0.15, -0.1) is 0 Å². The molecule has 2 aromatic rings. The molecule has 0 fully saturated rings. The van der Waals surface area contributed by atoms with E-state index in [4.69, 9.17) is 9.15 Å². The number of ether oxygens (including phenoxy) is 1. The molecule has 0 saturated heterocycles. The molecule has 1 heterocycles. The maximum atomic E-state index is 11.9. The van der Waals surface area contributed by atoms with Crippen molar-refractivity contribution >= 4 is 5.91 Å². The monoisotopic (exact) mass is 316 g/mol. The fourth-order valence-corrected chi connectivity index (χ4v) is 2.24. The fraction of sp³-hybridized carbons (Fsp3) is 0.389. The van der Waals surface area contributed by atoms with Gasteiger partial charge in [-0.1, -0.05) is 17.7 Å². The van der Waals surface area contributed by atoms with Gasteiger partial charge in [-0.3, -0.25) is 4.79 Å². The highest BCUT2D eigenvalue weighted by molar-refractivity contribution is 5.91. The van der Waals surface area contributed by atoms with Crippen LogP contribution in [0.1, 0.15) is 33.9 Å². The van der Waals surface area contributed by atoms with Gasteiger partial charge in [-0.25, -0.2) is 0 Å². The smallest absolute Gasteiger partial charge is 0.286 e. The summed E-state index contributed by atoms with van der Waals surface area (Å²) in [6, 6.07) is 9.47. The normalized spacial score (nSPS) is 10.6. The zero-order valence-electron chi connectivity index (χ0n) is 13.9. The van der Waals surface area contributed by atoms with Crippen molar-refractivity contribution in [1.82, 2.24) is 10.6 Å². The summed E-state index contributed by atoms with van der Waals surface area (Å²) in [5.74, 6) is 1.57.